The molecular formula is C84H53F6NO2. The molecule has 0 fully saturated rings. The van der Waals surface area contributed by atoms with Gasteiger partial charge in [0.05, 0.1) is 10.8 Å². The smallest absolute Gasteiger partial charge is 0.194 e. The van der Waals surface area contributed by atoms with Gasteiger partial charge in [0.15, 0.2) is 34.9 Å². The first-order valence-corrected chi connectivity index (χ1v) is 30.3. The van der Waals surface area contributed by atoms with Crippen LogP contribution in [0, 0.1) is 34.9 Å². The zero-order valence-corrected chi connectivity index (χ0v) is 49.7. The molecule has 3 nitrogen and oxygen atoms in total. The predicted octanol–water partition coefficient (Wildman–Crippen LogP) is 22.9. The van der Waals surface area contributed by atoms with Crippen LogP contribution in [0.15, 0.2) is 298 Å². The number of benzene rings is 13. The van der Waals surface area contributed by atoms with E-state index in [1.165, 1.54) is 0 Å². The van der Waals surface area contributed by atoms with Gasteiger partial charge in [-0.25, -0.2) is 26.3 Å². The van der Waals surface area contributed by atoms with E-state index in [0.29, 0.717) is 73.4 Å². The van der Waals surface area contributed by atoms with Crippen molar-refractivity contribution < 1.29 is 35.8 Å². The molecule has 2 atom stereocenters. The van der Waals surface area contributed by atoms with Crippen LogP contribution in [0.25, 0.3) is 56.7 Å². The first-order valence-electron chi connectivity index (χ1n) is 30.3. The quantitative estimate of drug-likeness (QED) is 0.0754. The zero-order valence-electron chi connectivity index (χ0n) is 49.7. The summed E-state index contributed by atoms with van der Waals surface area (Å²) >= 11 is 0. The minimum atomic E-state index is -1.60. The Kier molecular flexibility index (Phi) is 14.5. The molecule has 93 heavy (non-hydrogen) atoms. The molecule has 2 unspecified atom stereocenters. The minimum Gasteiger partial charge on any atom is -0.457 e. The maximum Gasteiger partial charge on any atom is 0.194 e. The fourth-order valence-corrected chi connectivity index (χ4v) is 13.9. The molecule has 0 aromatic heterocycles. The molecule has 0 spiro atoms. The molecule has 15 rings (SSSR count). The number of hydrogen-bond acceptors (Lipinski definition) is 3. The average molecular weight is 1220 g/mol. The molecule has 0 N–H and O–H groups in total. The molecule has 448 valence electrons. The van der Waals surface area contributed by atoms with Gasteiger partial charge in [-0.1, -0.05) is 195 Å². The first-order chi connectivity index (χ1) is 45.4. The van der Waals surface area contributed by atoms with Gasteiger partial charge in [-0.15, -0.1) is 0 Å². The van der Waals surface area contributed by atoms with E-state index in [2.05, 4.69) is 54.5 Å². The molecule has 9 heteroatoms. The van der Waals surface area contributed by atoms with Gasteiger partial charge >= 0.3 is 0 Å². The number of anilines is 3. The van der Waals surface area contributed by atoms with Gasteiger partial charge in [-0.05, 0) is 215 Å². The normalized spacial score (nSPS) is 14.9. The predicted molar refractivity (Wildman–Crippen MR) is 360 cm³/mol. The summed E-state index contributed by atoms with van der Waals surface area (Å²) in [7, 11) is 0. The van der Waals surface area contributed by atoms with E-state index < -0.39 is 45.7 Å². The Labute approximate surface area is 534 Å². The molecule has 0 heterocycles. The van der Waals surface area contributed by atoms with E-state index in [1.807, 2.05) is 200 Å². The Balaban J connectivity index is 0.966. The summed E-state index contributed by atoms with van der Waals surface area (Å²) in [5, 5.41) is 0. The highest BCUT2D eigenvalue weighted by Crippen LogP contribution is 2.60. The summed E-state index contributed by atoms with van der Waals surface area (Å²) in [6, 6.07) is 87.9. The summed E-state index contributed by atoms with van der Waals surface area (Å²) in [6.45, 7) is 7.73. The maximum atomic E-state index is 16.2. The summed E-state index contributed by atoms with van der Waals surface area (Å²) in [5.41, 5.74) is 11.9. The molecule has 0 radical (unpaired) electrons. The number of nitrogens with zero attached hydrogens (tertiary/aromatic N) is 1. The Morgan fingerprint density at radius 3 is 1.05 bits per heavy atom. The zero-order chi connectivity index (χ0) is 63.5. The van der Waals surface area contributed by atoms with Gasteiger partial charge in [0, 0.05) is 17.1 Å². The highest BCUT2D eigenvalue weighted by Gasteiger charge is 2.49. The largest absolute Gasteiger partial charge is 0.457 e. The van der Waals surface area contributed by atoms with Crippen molar-refractivity contribution in [2.24, 2.45) is 0 Å². The average Bonchev–Trinajstić information content (AvgIpc) is 1.57. The third-order valence-corrected chi connectivity index (χ3v) is 18.1. The number of ether oxygens (including phenoxy) is 2. The lowest BCUT2D eigenvalue weighted by atomic mass is 9.67. The maximum absolute atomic E-state index is 16.2. The number of fused-ring (bicyclic) bond motifs is 6. The second-order valence-electron chi connectivity index (χ2n) is 23.2. The van der Waals surface area contributed by atoms with Crippen LogP contribution >= 0.6 is 0 Å². The Hall–Kier alpha value is -11.7. The number of halogens is 6. The van der Waals surface area contributed by atoms with Crippen LogP contribution in [0.2, 0.25) is 0 Å². The van der Waals surface area contributed by atoms with Gasteiger partial charge in [0.1, 0.15) is 23.0 Å². The van der Waals surface area contributed by atoms with Gasteiger partial charge in [-0.3, -0.25) is 0 Å². The summed E-state index contributed by atoms with van der Waals surface area (Å²) < 4.78 is 108. The monoisotopic (exact) mass is 1220 g/mol. The summed E-state index contributed by atoms with van der Waals surface area (Å²) in [5.74, 6) is -6.45. The summed E-state index contributed by atoms with van der Waals surface area (Å²) in [4.78, 5) is 2.09. The van der Waals surface area contributed by atoms with E-state index >= 15 is 26.3 Å². The molecule has 13 aromatic carbocycles. The lowest BCUT2D eigenvalue weighted by molar-refractivity contribution is 0.443. The third kappa shape index (κ3) is 9.79. The lowest BCUT2D eigenvalue weighted by Crippen LogP contribution is -2.30. The van der Waals surface area contributed by atoms with Crippen LogP contribution in [0.1, 0.15) is 55.6 Å². The minimum absolute atomic E-state index is 0.142. The van der Waals surface area contributed by atoms with Crippen molar-refractivity contribution in [2.75, 3.05) is 4.90 Å². The van der Waals surface area contributed by atoms with Crippen LogP contribution in [0.3, 0.4) is 0 Å². The van der Waals surface area contributed by atoms with E-state index in [0.717, 1.165) is 79.9 Å². The van der Waals surface area contributed by atoms with Gasteiger partial charge < -0.3 is 14.4 Å². The van der Waals surface area contributed by atoms with E-state index in [4.69, 9.17) is 9.47 Å². The van der Waals surface area contributed by atoms with Crippen LogP contribution < -0.4 is 14.4 Å². The number of rotatable bonds is 15. The SMILES string of the molecule is C=Cc1ccc(Oc2ccc(C3(c4cc(F)c(F)c(F)c4)c4ccccc4-c4ccc(N(c5cccc(-c6cccc(-c7ccccc7)c6)c5)c5ccc6c(c5)C(c5ccc(Oc7ccc(C=C)cc7)cc5)(c5cc(F)c(F)c(F)c5)c5ccccc5-6)cc43)cc2)cc1. The van der Waals surface area contributed by atoms with Crippen LogP contribution in [-0.4, -0.2) is 0 Å². The molecule has 0 aliphatic heterocycles. The van der Waals surface area contributed by atoms with Crippen LogP contribution in [0.5, 0.6) is 23.0 Å². The van der Waals surface area contributed by atoms with E-state index in [-0.39, 0.29) is 11.1 Å². The fourth-order valence-electron chi connectivity index (χ4n) is 13.9. The van der Waals surface area contributed by atoms with Gasteiger partial charge in [0.25, 0.3) is 0 Å². The molecule has 0 bridgehead atoms. The topological polar surface area (TPSA) is 21.7 Å². The molecule has 0 saturated carbocycles. The summed E-state index contributed by atoms with van der Waals surface area (Å²) in [6.07, 6.45) is 3.48. The van der Waals surface area contributed by atoms with Gasteiger partial charge in [0.2, 0.25) is 0 Å². The Morgan fingerprint density at radius 1 is 0.280 bits per heavy atom. The second-order valence-corrected chi connectivity index (χ2v) is 23.2. The lowest BCUT2D eigenvalue weighted by Gasteiger charge is -2.36. The second kappa shape index (κ2) is 23.3. The standard InChI is InChI=1S/C84H53F6NO2/c1-3-52-24-34-65(35-25-52)92-67-38-28-58(29-39-67)83(60-46-77(85)81(89)78(86)47-60)73-22-10-8-20-69(73)71-42-32-63(50-75(71)83)91(62-19-13-18-57(45-62)56-17-12-16-55(44-56)54-14-6-5-7-15-54)64-33-43-72-70-21-9-11-23-74(70)84(76(72)51-64,61-48-79(87)82(90)80(88)49-61)59-30-40-68(41-31-59)93-66-36-26-53(4-2)27-37-66/h3-51H,1-2H2. The molecule has 0 amide bonds. The van der Waals surface area contributed by atoms with E-state index in [9.17, 15) is 0 Å². The van der Waals surface area contributed by atoms with E-state index in [1.54, 1.807) is 36.4 Å². The molecule has 13 aromatic rings. The molecule has 0 saturated heterocycles. The molecule has 2 aliphatic rings. The fraction of sp³-hybridized carbons (Fsp3) is 0.0238. The highest BCUT2D eigenvalue weighted by atomic mass is 19.2. The van der Waals surface area contributed by atoms with Crippen molar-refractivity contribution in [2.45, 2.75) is 10.8 Å². The van der Waals surface area contributed by atoms with Crippen molar-refractivity contribution in [3.63, 3.8) is 0 Å². The van der Waals surface area contributed by atoms with Crippen LogP contribution in [-0.2, 0) is 10.8 Å². The highest BCUT2D eigenvalue weighted by molar-refractivity contribution is 5.93. The van der Waals surface area contributed by atoms with Crippen molar-refractivity contribution >= 4 is 29.2 Å². The number of hydrogen-bond donors (Lipinski definition) is 0. The Morgan fingerprint density at radius 2 is 0.624 bits per heavy atom. The van der Waals surface area contributed by atoms with Gasteiger partial charge in [-0.2, -0.15) is 0 Å². The van der Waals surface area contributed by atoms with Crippen molar-refractivity contribution in [3.05, 3.63) is 389 Å². The van der Waals surface area contributed by atoms with Crippen LogP contribution in [0.4, 0.5) is 43.4 Å². The first kappa shape index (κ1) is 57.7. The van der Waals surface area contributed by atoms with Crippen molar-refractivity contribution in [3.8, 4) is 67.5 Å². The molecule has 2 aliphatic carbocycles. The Bertz CT molecular complexity index is 4780. The molecular weight excluding hydrogens is 1170 g/mol. The third-order valence-electron chi connectivity index (χ3n) is 18.1. The van der Waals surface area contributed by atoms with Crippen molar-refractivity contribution in [1.82, 2.24) is 0 Å². The van der Waals surface area contributed by atoms with Crippen molar-refractivity contribution in [1.29, 1.82) is 0 Å².